The summed E-state index contributed by atoms with van der Waals surface area (Å²) in [6, 6.07) is 0. The summed E-state index contributed by atoms with van der Waals surface area (Å²) in [6.07, 6.45) is 2.85. The lowest BCUT2D eigenvalue weighted by atomic mass is 10.1. The molecule has 0 aromatic carbocycles. The standard InChI is InChI=1S/C9H17F3NO3S/c1-2-6-13(7-4-3-5-8-13)16-17(14,15)9(10,11)12/h2-8H2,1H3/q+1. The van der Waals surface area contributed by atoms with Crippen LogP contribution >= 0.6 is 0 Å². The van der Waals surface area contributed by atoms with Gasteiger partial charge in [0.1, 0.15) is 19.6 Å². The van der Waals surface area contributed by atoms with Crippen LogP contribution in [0.5, 0.6) is 0 Å². The summed E-state index contributed by atoms with van der Waals surface area (Å²) in [5.41, 5.74) is -5.34. The molecule has 17 heavy (non-hydrogen) atoms. The second-order valence-electron chi connectivity index (χ2n) is 4.26. The Morgan fingerprint density at radius 3 is 2.12 bits per heavy atom. The van der Waals surface area contributed by atoms with Crippen LogP contribution in [0.2, 0.25) is 0 Å². The summed E-state index contributed by atoms with van der Waals surface area (Å²) in [5, 5.41) is 0. The Morgan fingerprint density at radius 2 is 1.71 bits per heavy atom. The van der Waals surface area contributed by atoms with Gasteiger partial charge in [-0.25, -0.2) is 0 Å². The second kappa shape index (κ2) is 5.11. The number of hydrogen-bond donors (Lipinski definition) is 0. The molecule has 1 aliphatic rings. The number of piperidine rings is 1. The third-order valence-corrected chi connectivity index (χ3v) is 3.88. The molecule has 0 bridgehead atoms. The third kappa shape index (κ3) is 3.56. The van der Waals surface area contributed by atoms with Crippen LogP contribution in [0, 0.1) is 0 Å². The highest BCUT2D eigenvalue weighted by atomic mass is 32.2. The highest BCUT2D eigenvalue weighted by Crippen LogP contribution is 2.30. The summed E-state index contributed by atoms with van der Waals surface area (Å²) >= 11 is 0. The topological polar surface area (TPSA) is 43.4 Å². The lowest BCUT2D eigenvalue weighted by Gasteiger charge is -2.36. The van der Waals surface area contributed by atoms with Crippen LogP contribution in [-0.2, 0) is 14.4 Å². The molecule has 0 saturated carbocycles. The molecule has 0 aromatic rings. The summed E-state index contributed by atoms with van der Waals surface area (Å²) in [7, 11) is -5.51. The van der Waals surface area contributed by atoms with Gasteiger partial charge in [0.15, 0.2) is 0 Å². The van der Waals surface area contributed by atoms with Crippen molar-refractivity contribution in [1.82, 2.24) is 0 Å². The van der Waals surface area contributed by atoms with Crippen molar-refractivity contribution in [3.05, 3.63) is 0 Å². The van der Waals surface area contributed by atoms with Gasteiger partial charge in [0.2, 0.25) is 0 Å². The largest absolute Gasteiger partial charge is 0.528 e. The first-order valence-corrected chi connectivity index (χ1v) is 7.02. The average molecular weight is 276 g/mol. The predicted molar refractivity (Wildman–Crippen MR) is 55.1 cm³/mol. The lowest BCUT2D eigenvalue weighted by Crippen LogP contribution is -2.54. The van der Waals surface area contributed by atoms with Crippen molar-refractivity contribution >= 4 is 10.1 Å². The highest BCUT2D eigenvalue weighted by Gasteiger charge is 2.53. The lowest BCUT2D eigenvalue weighted by molar-refractivity contribution is -1.08. The van der Waals surface area contributed by atoms with Crippen molar-refractivity contribution in [1.29, 1.82) is 0 Å². The van der Waals surface area contributed by atoms with Crippen LogP contribution in [0.3, 0.4) is 0 Å². The number of alkyl halides is 3. The molecule has 4 nitrogen and oxygen atoms in total. The third-order valence-electron chi connectivity index (χ3n) is 2.80. The molecule has 0 atom stereocenters. The van der Waals surface area contributed by atoms with Crippen LogP contribution in [0.15, 0.2) is 0 Å². The molecule has 8 heteroatoms. The first-order valence-electron chi connectivity index (χ1n) is 5.61. The van der Waals surface area contributed by atoms with Gasteiger partial charge in [0.05, 0.1) is 0 Å². The number of quaternary nitrogens is 1. The molecule has 102 valence electrons. The Bertz CT molecular complexity index is 341. The van der Waals surface area contributed by atoms with Gasteiger partial charge in [-0.15, -0.1) is 0 Å². The summed E-state index contributed by atoms with van der Waals surface area (Å²) in [6.45, 7) is 2.72. The molecule has 0 amide bonds. The summed E-state index contributed by atoms with van der Waals surface area (Å²) in [5.74, 6) is 0. The highest BCUT2D eigenvalue weighted by molar-refractivity contribution is 7.87. The smallest absolute Gasteiger partial charge is 0.185 e. The molecule has 1 fully saturated rings. The van der Waals surface area contributed by atoms with Gasteiger partial charge in [-0.2, -0.15) is 26.2 Å². The Balaban J connectivity index is 2.87. The molecule has 1 heterocycles. The van der Waals surface area contributed by atoms with E-state index in [1.807, 2.05) is 0 Å². The minimum absolute atomic E-state index is 0.287. The average Bonchev–Trinajstić information content (AvgIpc) is 2.16. The van der Waals surface area contributed by atoms with Gasteiger partial charge in [-0.3, -0.25) is 0 Å². The van der Waals surface area contributed by atoms with Crippen molar-refractivity contribution in [2.24, 2.45) is 0 Å². The van der Waals surface area contributed by atoms with Gasteiger partial charge in [0, 0.05) is 0 Å². The first kappa shape index (κ1) is 14.7. The molecule has 1 rings (SSSR count). The van der Waals surface area contributed by atoms with Gasteiger partial charge < -0.3 is 0 Å². The zero-order chi connectivity index (χ0) is 13.2. The molecule has 0 unspecified atom stereocenters. The van der Waals surface area contributed by atoms with Crippen molar-refractivity contribution in [3.8, 4) is 0 Å². The fraction of sp³-hybridized carbons (Fsp3) is 1.00. The van der Waals surface area contributed by atoms with E-state index in [4.69, 9.17) is 0 Å². The minimum atomic E-state index is -5.51. The van der Waals surface area contributed by atoms with E-state index >= 15 is 0 Å². The van der Waals surface area contributed by atoms with E-state index in [2.05, 4.69) is 4.28 Å². The fourth-order valence-corrected chi connectivity index (χ4v) is 2.81. The molecule has 1 aliphatic heterocycles. The van der Waals surface area contributed by atoms with E-state index in [9.17, 15) is 21.6 Å². The molecule has 1 saturated heterocycles. The molecule has 0 spiro atoms. The second-order valence-corrected chi connectivity index (χ2v) is 5.78. The van der Waals surface area contributed by atoms with Gasteiger partial charge in [-0.1, -0.05) is 11.2 Å². The number of halogens is 3. The molecule has 0 N–H and O–H groups in total. The van der Waals surface area contributed by atoms with Crippen LogP contribution < -0.4 is 0 Å². The van der Waals surface area contributed by atoms with Gasteiger partial charge in [0.25, 0.3) is 0 Å². The van der Waals surface area contributed by atoms with E-state index in [1.54, 1.807) is 6.92 Å². The number of nitrogens with zero attached hydrogens (tertiary/aromatic N) is 1. The Kier molecular flexibility index (Phi) is 4.43. The molecular formula is C9H17F3NO3S+. The van der Waals surface area contributed by atoms with Crippen LogP contribution in [0.25, 0.3) is 0 Å². The fourth-order valence-electron chi connectivity index (χ4n) is 2.08. The van der Waals surface area contributed by atoms with Crippen LogP contribution in [0.1, 0.15) is 32.6 Å². The van der Waals surface area contributed by atoms with E-state index in [0.717, 1.165) is 6.42 Å². The summed E-state index contributed by atoms with van der Waals surface area (Å²) in [4.78, 5) is 0. The maximum Gasteiger partial charge on any atom is 0.528 e. The van der Waals surface area contributed by atoms with E-state index < -0.39 is 20.3 Å². The van der Waals surface area contributed by atoms with Crippen molar-refractivity contribution in [2.75, 3.05) is 19.6 Å². The predicted octanol–water partition coefficient (Wildman–Crippen LogP) is 2.18. The normalized spacial score (nSPS) is 21.4. The Morgan fingerprint density at radius 1 is 1.18 bits per heavy atom. The van der Waals surface area contributed by atoms with Crippen molar-refractivity contribution < 1.29 is 30.5 Å². The monoisotopic (exact) mass is 276 g/mol. The van der Waals surface area contributed by atoms with Crippen LogP contribution in [-0.4, -0.2) is 38.2 Å². The van der Waals surface area contributed by atoms with E-state index in [0.29, 0.717) is 32.4 Å². The number of hydrogen-bond acceptors (Lipinski definition) is 3. The van der Waals surface area contributed by atoms with E-state index in [-0.39, 0.29) is 6.54 Å². The SMILES string of the molecule is CCC[N+]1(OS(=O)(=O)C(F)(F)F)CCCCC1. The van der Waals surface area contributed by atoms with Crippen LogP contribution in [0.4, 0.5) is 13.2 Å². The number of hydroxylamine groups is 3. The van der Waals surface area contributed by atoms with Crippen molar-refractivity contribution in [3.63, 3.8) is 0 Å². The zero-order valence-corrected chi connectivity index (χ0v) is 10.5. The van der Waals surface area contributed by atoms with Gasteiger partial charge in [-0.05, 0) is 25.7 Å². The molecule has 0 radical (unpaired) electrons. The molecule has 0 aliphatic carbocycles. The van der Waals surface area contributed by atoms with E-state index in [1.165, 1.54) is 0 Å². The zero-order valence-electron chi connectivity index (χ0n) is 9.66. The quantitative estimate of drug-likeness (QED) is 0.584. The minimum Gasteiger partial charge on any atom is -0.185 e. The Hall–Kier alpha value is -0.340. The molecule has 0 aromatic heterocycles. The first-order chi connectivity index (χ1) is 7.72. The van der Waals surface area contributed by atoms with Crippen molar-refractivity contribution in [2.45, 2.75) is 38.1 Å². The van der Waals surface area contributed by atoms with Gasteiger partial charge >= 0.3 is 15.6 Å². The maximum absolute atomic E-state index is 12.3. The summed E-state index contributed by atoms with van der Waals surface area (Å²) < 4.78 is 62.9. The molecular weight excluding hydrogens is 259 g/mol. The number of likely N-dealkylation sites (tertiary alicyclic amines) is 1. The maximum atomic E-state index is 12.3. The number of rotatable bonds is 4. The Labute approximate surface area is 99.0 Å².